The highest BCUT2D eigenvalue weighted by molar-refractivity contribution is 6.00. The summed E-state index contributed by atoms with van der Waals surface area (Å²) in [5.41, 5.74) is 3.86. The van der Waals surface area contributed by atoms with Crippen LogP contribution in [-0.4, -0.2) is 24.0 Å². The average Bonchev–Trinajstić information content (AvgIpc) is 3.15. The number of nitrogens with zero attached hydrogens (tertiary/aromatic N) is 3. The van der Waals surface area contributed by atoms with Crippen LogP contribution in [0.25, 0.3) is 10.9 Å². The lowest BCUT2D eigenvalue weighted by atomic mass is 9.81. The largest absolute Gasteiger partial charge is 0.354 e. The standard InChI is InChI=1S/C19H21N5/c20-12-14-11-16(24-19-22-9-10-23-19)17(13-5-2-1-3-6-13)18-15(14)7-4-8-21-18/h4,7-8,11,13H,1-3,5-6,9-10H2,(H2,22,23,24). The van der Waals surface area contributed by atoms with Gasteiger partial charge in [-0.3, -0.25) is 9.98 Å². The summed E-state index contributed by atoms with van der Waals surface area (Å²) in [4.78, 5) is 9.09. The van der Waals surface area contributed by atoms with Gasteiger partial charge in [-0.1, -0.05) is 19.3 Å². The highest BCUT2D eigenvalue weighted by atomic mass is 15.2. The Bertz CT molecular complexity index is 828. The van der Waals surface area contributed by atoms with Crippen molar-refractivity contribution in [2.24, 2.45) is 4.99 Å². The molecule has 1 aliphatic carbocycles. The molecular formula is C19H21N5. The van der Waals surface area contributed by atoms with Crippen LogP contribution >= 0.6 is 0 Å². The minimum atomic E-state index is 0.494. The van der Waals surface area contributed by atoms with Crippen LogP contribution in [0, 0.1) is 11.3 Å². The van der Waals surface area contributed by atoms with Crippen LogP contribution in [0.2, 0.25) is 0 Å². The van der Waals surface area contributed by atoms with E-state index < -0.39 is 0 Å². The molecule has 2 N–H and O–H groups in total. The normalized spacial score (nSPS) is 18.0. The number of pyridine rings is 1. The second kappa shape index (κ2) is 6.48. The number of nitrogens with one attached hydrogen (secondary N) is 2. The molecule has 1 aromatic carbocycles. The molecule has 5 nitrogen and oxygen atoms in total. The zero-order chi connectivity index (χ0) is 16.4. The zero-order valence-electron chi connectivity index (χ0n) is 13.7. The van der Waals surface area contributed by atoms with Crippen LogP contribution in [0.5, 0.6) is 0 Å². The molecule has 0 spiro atoms. The molecule has 2 heterocycles. The molecule has 1 aromatic heterocycles. The van der Waals surface area contributed by atoms with Crippen molar-refractivity contribution in [2.75, 3.05) is 18.4 Å². The predicted molar refractivity (Wildman–Crippen MR) is 96.2 cm³/mol. The predicted octanol–water partition coefficient (Wildman–Crippen LogP) is 3.53. The van der Waals surface area contributed by atoms with Crippen LogP contribution in [0.1, 0.15) is 49.1 Å². The Labute approximate surface area is 141 Å². The van der Waals surface area contributed by atoms with Gasteiger partial charge in [0.1, 0.15) is 0 Å². The summed E-state index contributed by atoms with van der Waals surface area (Å²) in [6.07, 6.45) is 8.04. The number of hydrogen-bond donors (Lipinski definition) is 2. The maximum Gasteiger partial charge on any atom is 0.195 e. The van der Waals surface area contributed by atoms with Gasteiger partial charge >= 0.3 is 0 Å². The molecule has 1 fully saturated rings. The van der Waals surface area contributed by atoms with Crippen molar-refractivity contribution in [3.63, 3.8) is 0 Å². The number of guanidine groups is 1. The van der Waals surface area contributed by atoms with E-state index in [9.17, 15) is 5.26 Å². The summed E-state index contributed by atoms with van der Waals surface area (Å²) in [5, 5.41) is 17.2. The van der Waals surface area contributed by atoms with E-state index in [1.165, 1.54) is 37.7 Å². The third-order valence-corrected chi connectivity index (χ3v) is 4.99. The highest BCUT2D eigenvalue weighted by Crippen LogP contribution is 2.41. The summed E-state index contributed by atoms with van der Waals surface area (Å²) < 4.78 is 0. The summed E-state index contributed by atoms with van der Waals surface area (Å²) in [5.74, 6) is 1.29. The maximum absolute atomic E-state index is 9.57. The van der Waals surface area contributed by atoms with Crippen molar-refractivity contribution >= 4 is 22.5 Å². The second-order valence-corrected chi connectivity index (χ2v) is 6.51. The fourth-order valence-electron chi connectivity index (χ4n) is 3.87. The summed E-state index contributed by atoms with van der Waals surface area (Å²) in [6.45, 7) is 1.65. The number of benzene rings is 1. The number of nitriles is 1. The number of anilines is 1. The smallest absolute Gasteiger partial charge is 0.195 e. The molecule has 24 heavy (non-hydrogen) atoms. The van der Waals surface area contributed by atoms with Crippen molar-refractivity contribution in [3.8, 4) is 6.07 Å². The quantitative estimate of drug-likeness (QED) is 0.888. The van der Waals surface area contributed by atoms with E-state index in [1.54, 1.807) is 0 Å². The molecule has 4 rings (SSSR count). The van der Waals surface area contributed by atoms with Gasteiger partial charge in [0.05, 0.1) is 23.7 Å². The van der Waals surface area contributed by atoms with E-state index in [4.69, 9.17) is 0 Å². The van der Waals surface area contributed by atoms with Crippen LogP contribution in [0.15, 0.2) is 29.4 Å². The average molecular weight is 319 g/mol. The molecule has 5 heteroatoms. The Morgan fingerprint density at radius 3 is 2.88 bits per heavy atom. The third-order valence-electron chi connectivity index (χ3n) is 4.99. The molecule has 122 valence electrons. The van der Waals surface area contributed by atoms with Gasteiger partial charge in [0.25, 0.3) is 0 Å². The van der Waals surface area contributed by atoms with Crippen LogP contribution in [0.3, 0.4) is 0 Å². The third kappa shape index (κ3) is 2.69. The van der Waals surface area contributed by atoms with Crippen molar-refractivity contribution in [1.82, 2.24) is 10.3 Å². The number of fused-ring (bicyclic) bond motifs is 1. The van der Waals surface area contributed by atoms with Crippen molar-refractivity contribution in [3.05, 3.63) is 35.5 Å². The second-order valence-electron chi connectivity index (χ2n) is 6.51. The van der Waals surface area contributed by atoms with Gasteiger partial charge in [-0.05, 0) is 37.0 Å². The van der Waals surface area contributed by atoms with Crippen molar-refractivity contribution in [2.45, 2.75) is 38.0 Å². The number of aliphatic imine (C=N–C) groups is 1. The Kier molecular flexibility index (Phi) is 4.04. The first-order valence-electron chi connectivity index (χ1n) is 8.74. The van der Waals surface area contributed by atoms with E-state index in [2.05, 4.69) is 26.7 Å². The number of rotatable bonds is 2. The monoisotopic (exact) mass is 319 g/mol. The molecule has 1 aliphatic heterocycles. The van der Waals surface area contributed by atoms with Gasteiger partial charge in [-0.2, -0.15) is 5.26 Å². The topological polar surface area (TPSA) is 73.1 Å². The van der Waals surface area contributed by atoms with Crippen LogP contribution in [0.4, 0.5) is 5.69 Å². The van der Waals surface area contributed by atoms with E-state index in [0.717, 1.165) is 35.6 Å². The zero-order valence-corrected chi connectivity index (χ0v) is 13.7. The first kappa shape index (κ1) is 14.9. The molecule has 0 atom stereocenters. The summed E-state index contributed by atoms with van der Waals surface area (Å²) >= 11 is 0. The van der Waals surface area contributed by atoms with E-state index in [1.807, 2.05) is 24.4 Å². The van der Waals surface area contributed by atoms with Crippen molar-refractivity contribution < 1.29 is 0 Å². The fraction of sp³-hybridized carbons (Fsp3) is 0.421. The van der Waals surface area contributed by atoms with Gasteiger partial charge < -0.3 is 10.6 Å². The molecule has 0 radical (unpaired) electrons. The molecule has 2 aliphatic rings. The van der Waals surface area contributed by atoms with Gasteiger partial charge in [-0.15, -0.1) is 0 Å². The minimum Gasteiger partial charge on any atom is -0.354 e. The molecule has 1 saturated carbocycles. The lowest BCUT2D eigenvalue weighted by Crippen LogP contribution is -2.27. The van der Waals surface area contributed by atoms with Gasteiger partial charge in [0, 0.05) is 29.4 Å². The lowest BCUT2D eigenvalue weighted by Gasteiger charge is -2.26. The van der Waals surface area contributed by atoms with Crippen molar-refractivity contribution in [1.29, 1.82) is 5.26 Å². The SMILES string of the molecule is N#Cc1cc(NC2=NCCN2)c(C2CCCCC2)c2ncccc12. The maximum atomic E-state index is 9.57. The number of aromatic nitrogens is 1. The Morgan fingerprint density at radius 1 is 1.25 bits per heavy atom. The van der Waals surface area contributed by atoms with E-state index in [-0.39, 0.29) is 0 Å². The first-order valence-corrected chi connectivity index (χ1v) is 8.74. The Hall–Kier alpha value is -2.61. The fourth-order valence-corrected chi connectivity index (χ4v) is 3.87. The molecular weight excluding hydrogens is 298 g/mol. The lowest BCUT2D eigenvalue weighted by molar-refractivity contribution is 0.446. The Morgan fingerprint density at radius 2 is 2.12 bits per heavy atom. The molecule has 0 unspecified atom stereocenters. The molecule has 0 amide bonds. The van der Waals surface area contributed by atoms with Gasteiger partial charge in [0.15, 0.2) is 5.96 Å². The number of hydrogen-bond acceptors (Lipinski definition) is 5. The van der Waals surface area contributed by atoms with E-state index >= 15 is 0 Å². The van der Waals surface area contributed by atoms with Crippen LogP contribution < -0.4 is 10.6 Å². The summed E-state index contributed by atoms with van der Waals surface area (Å²) in [7, 11) is 0. The Balaban J connectivity index is 1.88. The van der Waals surface area contributed by atoms with Crippen LogP contribution in [-0.2, 0) is 0 Å². The molecule has 0 saturated heterocycles. The van der Waals surface area contributed by atoms with Gasteiger partial charge in [0.2, 0.25) is 0 Å². The molecule has 0 bridgehead atoms. The summed E-state index contributed by atoms with van der Waals surface area (Å²) in [6, 6.07) is 8.20. The minimum absolute atomic E-state index is 0.494. The van der Waals surface area contributed by atoms with E-state index in [0.29, 0.717) is 11.5 Å². The highest BCUT2D eigenvalue weighted by Gasteiger charge is 2.24. The molecule has 2 aromatic rings. The first-order chi connectivity index (χ1) is 11.9. The van der Waals surface area contributed by atoms with Gasteiger partial charge in [-0.25, -0.2) is 0 Å².